The van der Waals surface area contributed by atoms with Gasteiger partial charge in [-0.1, -0.05) is 13.3 Å². The van der Waals surface area contributed by atoms with Crippen molar-refractivity contribution in [1.82, 2.24) is 0 Å². The van der Waals surface area contributed by atoms with Gasteiger partial charge in [0.1, 0.15) is 0 Å². The first-order chi connectivity index (χ1) is 7.60. The van der Waals surface area contributed by atoms with E-state index >= 15 is 0 Å². The zero-order valence-electron chi connectivity index (χ0n) is 9.66. The molecule has 0 bridgehead atoms. The van der Waals surface area contributed by atoms with Crippen LogP contribution >= 0.6 is 15.9 Å². The highest BCUT2D eigenvalue weighted by Crippen LogP contribution is 2.37. The summed E-state index contributed by atoms with van der Waals surface area (Å²) in [6.45, 7) is 4.50. The number of aromatic hydroxyl groups is 1. The van der Waals surface area contributed by atoms with Crippen molar-refractivity contribution in [2.45, 2.75) is 32.7 Å². The number of nitrogens with two attached hydrogens (primary N) is 1. The number of phenols is 1. The topological polar surface area (TPSA) is 55.5 Å². The summed E-state index contributed by atoms with van der Waals surface area (Å²) in [5, 5.41) is 9.75. The van der Waals surface area contributed by atoms with Crippen molar-refractivity contribution in [3.8, 4) is 11.5 Å². The molecule has 0 saturated carbocycles. The number of benzene rings is 1. The van der Waals surface area contributed by atoms with Gasteiger partial charge in [0.15, 0.2) is 11.5 Å². The van der Waals surface area contributed by atoms with Gasteiger partial charge in [-0.15, -0.1) is 0 Å². The Kier molecular flexibility index (Phi) is 5.09. The summed E-state index contributed by atoms with van der Waals surface area (Å²) in [4.78, 5) is 0. The van der Waals surface area contributed by atoms with Gasteiger partial charge >= 0.3 is 0 Å². The second-order valence-electron chi connectivity index (χ2n) is 3.68. The molecule has 0 aliphatic rings. The van der Waals surface area contributed by atoms with E-state index in [0.29, 0.717) is 16.8 Å². The highest BCUT2D eigenvalue weighted by atomic mass is 79.9. The van der Waals surface area contributed by atoms with Crippen molar-refractivity contribution in [2.75, 3.05) is 6.61 Å². The van der Waals surface area contributed by atoms with Gasteiger partial charge in [0.25, 0.3) is 0 Å². The average molecular weight is 288 g/mol. The summed E-state index contributed by atoms with van der Waals surface area (Å²) in [6.07, 6.45) is 1.95. The quantitative estimate of drug-likeness (QED) is 0.873. The van der Waals surface area contributed by atoms with Gasteiger partial charge in [0.2, 0.25) is 0 Å². The lowest BCUT2D eigenvalue weighted by atomic mass is 10.0. The summed E-state index contributed by atoms with van der Waals surface area (Å²) in [6, 6.07) is 3.64. The van der Waals surface area contributed by atoms with Gasteiger partial charge in [-0.05, 0) is 47.0 Å². The smallest absolute Gasteiger partial charge is 0.172 e. The molecule has 0 spiro atoms. The molecular formula is C12H18BrNO2. The van der Waals surface area contributed by atoms with Crippen LogP contribution in [0.5, 0.6) is 11.5 Å². The minimum atomic E-state index is -0.0129. The lowest BCUT2D eigenvalue weighted by Gasteiger charge is -2.14. The lowest BCUT2D eigenvalue weighted by molar-refractivity contribution is 0.316. The number of hydrogen-bond acceptors (Lipinski definition) is 3. The van der Waals surface area contributed by atoms with Crippen molar-refractivity contribution in [1.29, 1.82) is 0 Å². The predicted octanol–water partition coefficient (Wildman–Crippen LogP) is 3.35. The zero-order chi connectivity index (χ0) is 12.1. The van der Waals surface area contributed by atoms with E-state index in [2.05, 4.69) is 22.9 Å². The van der Waals surface area contributed by atoms with Gasteiger partial charge in [-0.2, -0.15) is 0 Å². The van der Waals surface area contributed by atoms with Gasteiger partial charge in [0, 0.05) is 6.04 Å². The normalized spacial score (nSPS) is 12.5. The molecule has 90 valence electrons. The predicted molar refractivity (Wildman–Crippen MR) is 68.8 cm³/mol. The fourth-order valence-electron chi connectivity index (χ4n) is 1.55. The van der Waals surface area contributed by atoms with Crippen LogP contribution in [0, 0.1) is 0 Å². The zero-order valence-corrected chi connectivity index (χ0v) is 11.3. The van der Waals surface area contributed by atoms with Crippen LogP contribution in [0.4, 0.5) is 0 Å². The molecule has 1 atom stereocenters. The first-order valence-corrected chi connectivity index (χ1v) is 6.30. The molecule has 0 aliphatic carbocycles. The van der Waals surface area contributed by atoms with E-state index in [1.165, 1.54) is 0 Å². The molecule has 4 heteroatoms. The summed E-state index contributed by atoms with van der Waals surface area (Å²) in [5.74, 6) is 0.618. The Bertz CT molecular complexity index is 355. The van der Waals surface area contributed by atoms with E-state index < -0.39 is 0 Å². The summed E-state index contributed by atoms with van der Waals surface area (Å²) < 4.78 is 5.98. The van der Waals surface area contributed by atoms with Crippen LogP contribution in [-0.4, -0.2) is 11.7 Å². The SMILES string of the molecule is CCC[C@H](N)c1cc(Br)c(O)c(OCC)c1. The van der Waals surface area contributed by atoms with Crippen molar-refractivity contribution in [3.05, 3.63) is 22.2 Å². The molecule has 0 radical (unpaired) electrons. The molecular weight excluding hydrogens is 270 g/mol. The van der Waals surface area contributed by atoms with E-state index in [4.69, 9.17) is 10.5 Å². The number of hydrogen-bond donors (Lipinski definition) is 2. The Morgan fingerprint density at radius 3 is 2.69 bits per heavy atom. The van der Waals surface area contributed by atoms with Gasteiger partial charge in [0.05, 0.1) is 11.1 Å². The maximum absolute atomic E-state index is 9.75. The van der Waals surface area contributed by atoms with Crippen LogP contribution in [-0.2, 0) is 0 Å². The van der Waals surface area contributed by atoms with E-state index in [0.717, 1.165) is 18.4 Å². The van der Waals surface area contributed by atoms with Crippen molar-refractivity contribution >= 4 is 15.9 Å². The third kappa shape index (κ3) is 3.12. The van der Waals surface area contributed by atoms with Gasteiger partial charge in [-0.3, -0.25) is 0 Å². The van der Waals surface area contributed by atoms with Crippen LogP contribution in [0.15, 0.2) is 16.6 Å². The Morgan fingerprint density at radius 2 is 2.12 bits per heavy atom. The second kappa shape index (κ2) is 6.11. The van der Waals surface area contributed by atoms with Gasteiger partial charge in [-0.25, -0.2) is 0 Å². The molecule has 0 fully saturated rings. The molecule has 0 heterocycles. The lowest BCUT2D eigenvalue weighted by Crippen LogP contribution is -2.10. The summed E-state index contributed by atoms with van der Waals surface area (Å²) >= 11 is 3.30. The molecule has 0 amide bonds. The molecule has 0 unspecified atom stereocenters. The van der Waals surface area contributed by atoms with Crippen molar-refractivity contribution in [3.63, 3.8) is 0 Å². The van der Waals surface area contributed by atoms with Crippen LogP contribution in [0.1, 0.15) is 38.3 Å². The van der Waals surface area contributed by atoms with Gasteiger partial charge < -0.3 is 15.6 Å². The molecule has 0 aromatic heterocycles. The third-order valence-electron chi connectivity index (χ3n) is 2.38. The largest absolute Gasteiger partial charge is 0.503 e. The summed E-state index contributed by atoms with van der Waals surface area (Å²) in [5.41, 5.74) is 7.01. The molecule has 3 N–H and O–H groups in total. The first-order valence-electron chi connectivity index (χ1n) is 5.50. The Balaban J connectivity index is 3.03. The fourth-order valence-corrected chi connectivity index (χ4v) is 2.01. The van der Waals surface area contributed by atoms with Crippen LogP contribution in [0.25, 0.3) is 0 Å². The van der Waals surface area contributed by atoms with Crippen LogP contribution in [0.2, 0.25) is 0 Å². The Morgan fingerprint density at radius 1 is 1.44 bits per heavy atom. The van der Waals surface area contributed by atoms with Crippen molar-refractivity contribution in [2.24, 2.45) is 5.73 Å². The number of halogens is 1. The molecule has 1 aromatic rings. The maximum atomic E-state index is 9.75. The monoisotopic (exact) mass is 287 g/mol. The molecule has 3 nitrogen and oxygen atoms in total. The molecule has 0 saturated heterocycles. The van der Waals surface area contributed by atoms with E-state index in [1.807, 2.05) is 19.1 Å². The second-order valence-corrected chi connectivity index (χ2v) is 4.53. The minimum Gasteiger partial charge on any atom is -0.503 e. The Hall–Kier alpha value is -0.740. The molecule has 0 aliphatic heterocycles. The Labute approximate surface area is 105 Å². The molecule has 1 aromatic carbocycles. The van der Waals surface area contributed by atoms with Crippen LogP contribution < -0.4 is 10.5 Å². The molecule has 16 heavy (non-hydrogen) atoms. The standard InChI is InChI=1S/C12H18BrNO2/c1-3-5-10(14)8-6-9(13)12(15)11(7-8)16-4-2/h6-7,10,15H,3-5,14H2,1-2H3/t10-/m0/s1. The maximum Gasteiger partial charge on any atom is 0.172 e. The van der Waals surface area contributed by atoms with E-state index in [-0.39, 0.29) is 11.8 Å². The third-order valence-corrected chi connectivity index (χ3v) is 2.98. The average Bonchev–Trinajstić information content (AvgIpc) is 2.25. The fraction of sp³-hybridized carbons (Fsp3) is 0.500. The van der Waals surface area contributed by atoms with E-state index in [1.54, 1.807) is 0 Å². The van der Waals surface area contributed by atoms with Crippen LogP contribution in [0.3, 0.4) is 0 Å². The number of ether oxygens (including phenoxy) is 1. The van der Waals surface area contributed by atoms with E-state index in [9.17, 15) is 5.11 Å². The van der Waals surface area contributed by atoms with Crippen molar-refractivity contribution < 1.29 is 9.84 Å². The first kappa shape index (κ1) is 13.3. The highest BCUT2D eigenvalue weighted by molar-refractivity contribution is 9.10. The number of rotatable bonds is 5. The summed E-state index contributed by atoms with van der Waals surface area (Å²) in [7, 11) is 0. The minimum absolute atomic E-state index is 0.0129. The molecule has 1 rings (SSSR count). The number of phenolic OH excluding ortho intramolecular Hbond substituents is 1. The highest BCUT2D eigenvalue weighted by Gasteiger charge is 2.13.